The van der Waals surface area contributed by atoms with Gasteiger partial charge in [0.05, 0.1) is 5.69 Å². The highest BCUT2D eigenvalue weighted by Gasteiger charge is 2.07. The maximum absolute atomic E-state index is 8.95. The summed E-state index contributed by atoms with van der Waals surface area (Å²) in [6.45, 7) is 0. The molecule has 0 aromatic carbocycles. The van der Waals surface area contributed by atoms with Gasteiger partial charge in [0.25, 0.3) is 0 Å². The Bertz CT molecular complexity index is 412. The number of oxime groups is 1. The molecule has 2 heterocycles. The minimum atomic E-state index is 0.420. The summed E-state index contributed by atoms with van der Waals surface area (Å²) in [6.07, 6.45) is 4.94. The monoisotopic (exact) mass is 199 g/mol. The molecule has 0 unspecified atom stereocenters. The molecule has 0 saturated carbocycles. The largest absolute Gasteiger partial charge is 0.410 e. The zero-order valence-electron chi connectivity index (χ0n) is 7.91. The van der Waals surface area contributed by atoms with Crippen LogP contribution in [0.15, 0.2) is 54.1 Å². The average molecular weight is 199 g/mol. The minimum absolute atomic E-state index is 0.420. The molecule has 0 saturated heterocycles. The van der Waals surface area contributed by atoms with Crippen LogP contribution in [0.25, 0.3) is 0 Å². The van der Waals surface area contributed by atoms with E-state index in [-0.39, 0.29) is 0 Å². The van der Waals surface area contributed by atoms with Crippen molar-refractivity contribution in [2.24, 2.45) is 5.16 Å². The first-order valence-electron chi connectivity index (χ1n) is 4.45. The molecule has 2 rings (SSSR count). The van der Waals surface area contributed by atoms with Gasteiger partial charge in [-0.15, -0.1) is 0 Å². The van der Waals surface area contributed by atoms with Crippen molar-refractivity contribution in [2.75, 3.05) is 0 Å². The first kappa shape index (κ1) is 9.33. The summed E-state index contributed by atoms with van der Waals surface area (Å²) in [7, 11) is 0. The number of hydrogen-bond acceptors (Lipinski definition) is 4. The Hall–Kier alpha value is -2.23. The molecule has 74 valence electrons. The summed E-state index contributed by atoms with van der Waals surface area (Å²) in [5.74, 6) is 0. The first-order chi connectivity index (χ1) is 7.42. The first-order valence-corrected chi connectivity index (χ1v) is 4.45. The molecule has 0 aliphatic carbocycles. The van der Waals surface area contributed by atoms with Crippen molar-refractivity contribution in [3.63, 3.8) is 0 Å². The number of rotatable bonds is 2. The van der Waals surface area contributed by atoms with Gasteiger partial charge in [-0.2, -0.15) is 0 Å². The van der Waals surface area contributed by atoms with Crippen LogP contribution in [0.1, 0.15) is 11.3 Å². The van der Waals surface area contributed by atoms with E-state index in [2.05, 4.69) is 15.1 Å². The third-order valence-corrected chi connectivity index (χ3v) is 1.94. The quantitative estimate of drug-likeness (QED) is 0.455. The molecule has 0 amide bonds. The molecule has 0 bridgehead atoms. The predicted octanol–water partition coefficient (Wildman–Crippen LogP) is 1.70. The van der Waals surface area contributed by atoms with E-state index < -0.39 is 0 Å². The van der Waals surface area contributed by atoms with E-state index in [0.29, 0.717) is 11.4 Å². The molecule has 2 aromatic rings. The van der Waals surface area contributed by atoms with Crippen LogP contribution in [-0.2, 0) is 0 Å². The SMILES string of the molecule is O/N=C(\c1cccnc1)c1ccccn1. The fourth-order valence-corrected chi connectivity index (χ4v) is 1.26. The average Bonchev–Trinajstić information content (AvgIpc) is 2.33. The van der Waals surface area contributed by atoms with Gasteiger partial charge in [0.15, 0.2) is 0 Å². The van der Waals surface area contributed by atoms with Crippen molar-refractivity contribution in [2.45, 2.75) is 0 Å². The third kappa shape index (κ3) is 1.99. The van der Waals surface area contributed by atoms with Crippen LogP contribution < -0.4 is 0 Å². The number of nitrogens with zero attached hydrogens (tertiary/aromatic N) is 3. The van der Waals surface area contributed by atoms with Crippen LogP contribution in [-0.4, -0.2) is 20.9 Å². The maximum Gasteiger partial charge on any atom is 0.137 e. The van der Waals surface area contributed by atoms with E-state index in [1.807, 2.05) is 18.2 Å². The summed E-state index contributed by atoms with van der Waals surface area (Å²) in [6, 6.07) is 9.02. The maximum atomic E-state index is 8.95. The van der Waals surface area contributed by atoms with Gasteiger partial charge in [-0.05, 0) is 24.3 Å². The van der Waals surface area contributed by atoms with E-state index in [0.717, 1.165) is 5.56 Å². The Balaban J connectivity index is 2.44. The number of pyridine rings is 2. The minimum Gasteiger partial charge on any atom is -0.410 e. The normalized spacial score (nSPS) is 11.3. The van der Waals surface area contributed by atoms with E-state index in [1.165, 1.54) is 0 Å². The molecule has 0 aliphatic heterocycles. The second kappa shape index (κ2) is 4.32. The fraction of sp³-hybridized carbons (Fsp3) is 0. The highest BCUT2D eigenvalue weighted by atomic mass is 16.4. The van der Waals surface area contributed by atoms with Crippen LogP contribution in [0.2, 0.25) is 0 Å². The molecule has 0 radical (unpaired) electrons. The van der Waals surface area contributed by atoms with Crippen molar-refractivity contribution in [1.82, 2.24) is 9.97 Å². The lowest BCUT2D eigenvalue weighted by molar-refractivity contribution is 0.319. The predicted molar refractivity (Wildman–Crippen MR) is 55.9 cm³/mol. The van der Waals surface area contributed by atoms with E-state index in [4.69, 9.17) is 5.21 Å². The van der Waals surface area contributed by atoms with Crippen LogP contribution in [0.5, 0.6) is 0 Å². The zero-order valence-corrected chi connectivity index (χ0v) is 7.91. The third-order valence-electron chi connectivity index (χ3n) is 1.94. The highest BCUT2D eigenvalue weighted by Crippen LogP contribution is 2.06. The zero-order chi connectivity index (χ0) is 10.5. The second-order valence-corrected chi connectivity index (χ2v) is 2.91. The molecule has 2 aromatic heterocycles. The van der Waals surface area contributed by atoms with Crippen molar-refractivity contribution in [3.05, 3.63) is 60.2 Å². The molecule has 4 nitrogen and oxygen atoms in total. The Morgan fingerprint density at radius 3 is 2.67 bits per heavy atom. The van der Waals surface area contributed by atoms with Crippen molar-refractivity contribution in [3.8, 4) is 0 Å². The Morgan fingerprint density at radius 2 is 2.07 bits per heavy atom. The fourth-order valence-electron chi connectivity index (χ4n) is 1.26. The van der Waals surface area contributed by atoms with E-state index >= 15 is 0 Å². The Morgan fingerprint density at radius 1 is 1.13 bits per heavy atom. The van der Waals surface area contributed by atoms with Crippen LogP contribution in [0, 0.1) is 0 Å². The molecule has 15 heavy (non-hydrogen) atoms. The van der Waals surface area contributed by atoms with Crippen LogP contribution >= 0.6 is 0 Å². The number of aromatic nitrogens is 2. The topological polar surface area (TPSA) is 58.4 Å². The molecular formula is C11H9N3O. The smallest absolute Gasteiger partial charge is 0.137 e. The number of hydrogen-bond donors (Lipinski definition) is 1. The van der Waals surface area contributed by atoms with E-state index in [1.54, 1.807) is 30.7 Å². The van der Waals surface area contributed by atoms with Gasteiger partial charge in [-0.3, -0.25) is 9.97 Å². The van der Waals surface area contributed by atoms with Gasteiger partial charge < -0.3 is 5.21 Å². The molecule has 0 spiro atoms. The summed E-state index contributed by atoms with van der Waals surface area (Å²) < 4.78 is 0. The molecular weight excluding hydrogens is 190 g/mol. The van der Waals surface area contributed by atoms with Gasteiger partial charge in [0.1, 0.15) is 5.71 Å². The lowest BCUT2D eigenvalue weighted by atomic mass is 10.1. The van der Waals surface area contributed by atoms with Gasteiger partial charge in [0, 0.05) is 24.2 Å². The van der Waals surface area contributed by atoms with Crippen molar-refractivity contribution in [1.29, 1.82) is 0 Å². The molecule has 0 atom stereocenters. The lowest BCUT2D eigenvalue weighted by Gasteiger charge is -2.02. The van der Waals surface area contributed by atoms with Gasteiger partial charge >= 0.3 is 0 Å². The molecule has 4 heteroatoms. The summed E-state index contributed by atoms with van der Waals surface area (Å²) >= 11 is 0. The van der Waals surface area contributed by atoms with Crippen LogP contribution in [0.3, 0.4) is 0 Å². The summed E-state index contributed by atoms with van der Waals surface area (Å²) in [5, 5.41) is 12.2. The van der Waals surface area contributed by atoms with Crippen molar-refractivity contribution >= 4 is 5.71 Å². The lowest BCUT2D eigenvalue weighted by Crippen LogP contribution is -2.05. The highest BCUT2D eigenvalue weighted by molar-refractivity contribution is 6.11. The van der Waals surface area contributed by atoms with Gasteiger partial charge in [-0.25, -0.2) is 0 Å². The van der Waals surface area contributed by atoms with Crippen LogP contribution in [0.4, 0.5) is 0 Å². The van der Waals surface area contributed by atoms with Gasteiger partial charge in [-0.1, -0.05) is 11.2 Å². The van der Waals surface area contributed by atoms with Crippen molar-refractivity contribution < 1.29 is 5.21 Å². The molecule has 0 aliphatic rings. The second-order valence-electron chi connectivity index (χ2n) is 2.91. The summed E-state index contributed by atoms with van der Waals surface area (Å²) in [4.78, 5) is 8.07. The van der Waals surface area contributed by atoms with Gasteiger partial charge in [0.2, 0.25) is 0 Å². The van der Waals surface area contributed by atoms with E-state index in [9.17, 15) is 0 Å². The summed E-state index contributed by atoms with van der Waals surface area (Å²) in [5.41, 5.74) is 1.77. The Labute approximate surface area is 86.9 Å². The molecule has 0 fully saturated rings. The molecule has 1 N–H and O–H groups in total. The Kier molecular flexibility index (Phi) is 2.69. The standard InChI is InChI=1S/C11H9N3O/c15-14-11(9-4-3-6-12-8-9)10-5-1-2-7-13-10/h1-8,15H/b14-11+.